The molecular weight excluding hydrogens is 218 g/mol. The van der Waals surface area contributed by atoms with Crippen LogP contribution in [0.3, 0.4) is 0 Å². The molecule has 0 unspecified atom stereocenters. The third kappa shape index (κ3) is 3.90. The van der Waals surface area contributed by atoms with Crippen LogP contribution < -0.4 is 4.90 Å². The number of anilines is 1. The maximum absolute atomic E-state index is 11.0. The molecule has 1 aromatic rings. The molecule has 0 aliphatic carbocycles. The lowest BCUT2D eigenvalue weighted by atomic mass is 10.1. The van der Waals surface area contributed by atoms with Crippen LogP contribution in [0.2, 0.25) is 0 Å². The maximum atomic E-state index is 11.0. The first-order valence-electron chi connectivity index (χ1n) is 5.55. The van der Waals surface area contributed by atoms with Crippen molar-refractivity contribution in [2.75, 3.05) is 11.4 Å². The maximum Gasteiger partial charge on any atom is 0.303 e. The van der Waals surface area contributed by atoms with Crippen LogP contribution in [0, 0.1) is 13.8 Å². The zero-order valence-corrected chi connectivity index (χ0v) is 10.1. The molecule has 0 aliphatic heterocycles. The Bertz CT molecular complexity index is 415. The summed E-state index contributed by atoms with van der Waals surface area (Å²) in [6.45, 7) is 4.33. The van der Waals surface area contributed by atoms with Crippen molar-refractivity contribution in [1.82, 2.24) is 0 Å². The average Bonchev–Trinajstić information content (AvgIpc) is 2.28. The van der Waals surface area contributed by atoms with Gasteiger partial charge in [0.1, 0.15) is 0 Å². The summed E-state index contributed by atoms with van der Waals surface area (Å²) in [7, 11) is 0. The number of rotatable bonds is 6. The van der Waals surface area contributed by atoms with E-state index in [1.807, 2.05) is 32.0 Å². The lowest BCUT2D eigenvalue weighted by Gasteiger charge is -2.19. The van der Waals surface area contributed by atoms with Crippen molar-refractivity contribution in [3.63, 3.8) is 0 Å². The summed E-state index contributed by atoms with van der Waals surface area (Å²) in [4.78, 5) is 23.0. The van der Waals surface area contributed by atoms with E-state index in [9.17, 15) is 9.59 Å². The number of aliphatic carboxylic acids is 1. The van der Waals surface area contributed by atoms with Crippen molar-refractivity contribution in [3.8, 4) is 0 Å². The highest BCUT2D eigenvalue weighted by Crippen LogP contribution is 2.20. The van der Waals surface area contributed by atoms with E-state index in [0.717, 1.165) is 23.2 Å². The number of benzene rings is 1. The molecule has 0 radical (unpaired) electrons. The summed E-state index contributed by atoms with van der Waals surface area (Å²) >= 11 is 0. The Balaban J connectivity index is 2.75. The number of amides is 1. The highest BCUT2D eigenvalue weighted by molar-refractivity contribution is 5.77. The second-order valence-corrected chi connectivity index (χ2v) is 4.09. The summed E-state index contributed by atoms with van der Waals surface area (Å²) in [5.74, 6) is -0.836. The number of aryl methyl sites for hydroxylation is 2. The molecule has 92 valence electrons. The van der Waals surface area contributed by atoms with Crippen LogP contribution in [-0.4, -0.2) is 24.0 Å². The Morgan fingerprint density at radius 2 is 2.12 bits per heavy atom. The number of carbonyl (C=O) groups excluding carboxylic acids is 1. The first-order chi connectivity index (χ1) is 8.04. The van der Waals surface area contributed by atoms with Gasteiger partial charge in [0.15, 0.2) is 0 Å². The predicted octanol–water partition coefficient (Wildman–Crippen LogP) is 2.13. The fourth-order valence-electron chi connectivity index (χ4n) is 1.66. The number of carbonyl (C=O) groups is 2. The number of carboxylic acid groups (broad SMARTS) is 1. The largest absolute Gasteiger partial charge is 0.481 e. The molecule has 0 saturated carbocycles. The van der Waals surface area contributed by atoms with Crippen LogP contribution in [0.25, 0.3) is 0 Å². The predicted molar refractivity (Wildman–Crippen MR) is 66.2 cm³/mol. The highest BCUT2D eigenvalue weighted by atomic mass is 16.4. The van der Waals surface area contributed by atoms with Crippen molar-refractivity contribution in [2.24, 2.45) is 0 Å². The minimum absolute atomic E-state index is 0.0786. The van der Waals surface area contributed by atoms with E-state index in [4.69, 9.17) is 5.11 Å². The Morgan fingerprint density at radius 1 is 1.41 bits per heavy atom. The number of hydrogen-bond donors (Lipinski definition) is 1. The summed E-state index contributed by atoms with van der Waals surface area (Å²) in [5, 5.41) is 8.56. The standard InChI is InChI=1S/C13H17NO3/c1-10-5-6-11(2)12(8-10)14(9-15)7-3-4-13(16)17/h5-6,8-9H,3-4,7H2,1-2H3,(H,16,17). The van der Waals surface area contributed by atoms with Gasteiger partial charge in [-0.1, -0.05) is 12.1 Å². The van der Waals surface area contributed by atoms with Crippen molar-refractivity contribution >= 4 is 18.1 Å². The summed E-state index contributed by atoms with van der Waals surface area (Å²) in [5.41, 5.74) is 2.94. The third-order valence-corrected chi connectivity index (χ3v) is 2.59. The SMILES string of the molecule is Cc1ccc(C)c(N(C=O)CCCC(=O)O)c1. The topological polar surface area (TPSA) is 57.6 Å². The van der Waals surface area contributed by atoms with Crippen LogP contribution in [-0.2, 0) is 9.59 Å². The van der Waals surface area contributed by atoms with E-state index in [-0.39, 0.29) is 6.42 Å². The molecule has 1 rings (SSSR count). The van der Waals surface area contributed by atoms with E-state index >= 15 is 0 Å². The van der Waals surface area contributed by atoms with E-state index in [2.05, 4.69) is 0 Å². The van der Waals surface area contributed by atoms with E-state index < -0.39 is 5.97 Å². The molecule has 17 heavy (non-hydrogen) atoms. The summed E-state index contributed by atoms with van der Waals surface area (Å²) in [6.07, 6.45) is 1.29. The van der Waals surface area contributed by atoms with Gasteiger partial charge in [0.05, 0.1) is 0 Å². The second-order valence-electron chi connectivity index (χ2n) is 4.09. The van der Waals surface area contributed by atoms with Gasteiger partial charge in [0.25, 0.3) is 0 Å². The summed E-state index contributed by atoms with van der Waals surface area (Å²) < 4.78 is 0. The van der Waals surface area contributed by atoms with Gasteiger partial charge in [-0.05, 0) is 37.5 Å². The summed E-state index contributed by atoms with van der Waals surface area (Å²) in [6, 6.07) is 5.88. The Morgan fingerprint density at radius 3 is 2.71 bits per heavy atom. The zero-order valence-electron chi connectivity index (χ0n) is 10.1. The Hall–Kier alpha value is -1.84. The van der Waals surface area contributed by atoms with Crippen LogP contribution in [0.1, 0.15) is 24.0 Å². The first-order valence-corrected chi connectivity index (χ1v) is 5.55. The molecular formula is C13H17NO3. The van der Waals surface area contributed by atoms with E-state index in [1.54, 1.807) is 4.90 Å². The minimum atomic E-state index is -0.836. The van der Waals surface area contributed by atoms with Gasteiger partial charge in [-0.25, -0.2) is 0 Å². The normalized spacial score (nSPS) is 10.0. The van der Waals surface area contributed by atoms with Crippen LogP contribution in [0.15, 0.2) is 18.2 Å². The molecule has 0 atom stereocenters. The van der Waals surface area contributed by atoms with Gasteiger partial charge in [0.2, 0.25) is 6.41 Å². The lowest BCUT2D eigenvalue weighted by molar-refractivity contribution is -0.137. The number of nitrogens with zero attached hydrogens (tertiary/aromatic N) is 1. The van der Waals surface area contributed by atoms with Crippen LogP contribution in [0.5, 0.6) is 0 Å². The van der Waals surface area contributed by atoms with Crippen LogP contribution in [0.4, 0.5) is 5.69 Å². The molecule has 1 aromatic carbocycles. The molecule has 1 amide bonds. The number of hydrogen-bond acceptors (Lipinski definition) is 2. The van der Waals surface area contributed by atoms with Gasteiger partial charge < -0.3 is 10.0 Å². The fourth-order valence-corrected chi connectivity index (χ4v) is 1.66. The van der Waals surface area contributed by atoms with Crippen LogP contribution >= 0.6 is 0 Å². The first kappa shape index (κ1) is 13.2. The molecule has 0 fully saturated rings. The Kier molecular flexibility index (Phi) is 4.69. The van der Waals surface area contributed by atoms with Gasteiger partial charge >= 0.3 is 5.97 Å². The molecule has 4 heteroatoms. The van der Waals surface area contributed by atoms with Gasteiger partial charge in [-0.15, -0.1) is 0 Å². The smallest absolute Gasteiger partial charge is 0.303 e. The van der Waals surface area contributed by atoms with Gasteiger partial charge in [0, 0.05) is 18.7 Å². The highest BCUT2D eigenvalue weighted by Gasteiger charge is 2.09. The van der Waals surface area contributed by atoms with E-state index in [0.29, 0.717) is 13.0 Å². The fraction of sp³-hybridized carbons (Fsp3) is 0.385. The molecule has 0 aliphatic rings. The van der Waals surface area contributed by atoms with Gasteiger partial charge in [-0.3, -0.25) is 9.59 Å². The number of carboxylic acids is 1. The molecule has 0 spiro atoms. The third-order valence-electron chi connectivity index (χ3n) is 2.59. The van der Waals surface area contributed by atoms with E-state index in [1.165, 1.54) is 0 Å². The van der Waals surface area contributed by atoms with Gasteiger partial charge in [-0.2, -0.15) is 0 Å². The average molecular weight is 235 g/mol. The van der Waals surface area contributed by atoms with Crippen molar-refractivity contribution in [3.05, 3.63) is 29.3 Å². The minimum Gasteiger partial charge on any atom is -0.481 e. The Labute approximate surface area is 101 Å². The molecule has 0 heterocycles. The second kappa shape index (κ2) is 6.03. The molecule has 0 saturated heterocycles. The van der Waals surface area contributed by atoms with Crippen molar-refractivity contribution < 1.29 is 14.7 Å². The monoisotopic (exact) mass is 235 g/mol. The van der Waals surface area contributed by atoms with Crippen molar-refractivity contribution in [2.45, 2.75) is 26.7 Å². The zero-order chi connectivity index (χ0) is 12.8. The lowest BCUT2D eigenvalue weighted by Crippen LogP contribution is -2.23. The molecule has 0 aromatic heterocycles. The molecule has 4 nitrogen and oxygen atoms in total. The molecule has 1 N–H and O–H groups in total. The quantitative estimate of drug-likeness (QED) is 0.768. The molecule has 0 bridgehead atoms. The van der Waals surface area contributed by atoms with Crippen molar-refractivity contribution in [1.29, 1.82) is 0 Å².